The van der Waals surface area contributed by atoms with E-state index in [1.807, 2.05) is 12.2 Å². The zero-order valence-electron chi connectivity index (χ0n) is 14.6. The molecule has 0 amide bonds. The number of aliphatic hydroxyl groups excluding tert-OH is 1. The van der Waals surface area contributed by atoms with Crippen molar-refractivity contribution >= 4 is 0 Å². The molecule has 0 aliphatic heterocycles. The van der Waals surface area contributed by atoms with Crippen molar-refractivity contribution in [3.63, 3.8) is 0 Å². The van der Waals surface area contributed by atoms with Crippen molar-refractivity contribution in [2.75, 3.05) is 0 Å². The molecule has 2 nitrogen and oxygen atoms in total. The van der Waals surface area contributed by atoms with Gasteiger partial charge < -0.3 is 10.2 Å². The summed E-state index contributed by atoms with van der Waals surface area (Å²) in [6.07, 6.45) is 13.2. The van der Waals surface area contributed by atoms with Crippen LogP contribution < -0.4 is 5.11 Å². The summed E-state index contributed by atoms with van der Waals surface area (Å²) in [6, 6.07) is 0. The lowest BCUT2D eigenvalue weighted by Gasteiger charge is -2.10. The third-order valence-corrected chi connectivity index (χ3v) is 3.34. The highest BCUT2D eigenvalue weighted by molar-refractivity contribution is 5.21. The van der Waals surface area contributed by atoms with Crippen LogP contribution in [0.25, 0.3) is 0 Å². The van der Waals surface area contributed by atoms with Crippen molar-refractivity contribution in [1.29, 1.82) is 0 Å². The molecular weight excluding hydrogens is 284 g/mol. The van der Waals surface area contributed by atoms with Crippen LogP contribution in [0.4, 0.5) is 0 Å². The molecule has 0 rings (SSSR count). The summed E-state index contributed by atoms with van der Waals surface area (Å²) in [4.78, 5) is 0. The second-order valence-electron chi connectivity index (χ2n) is 5.28. The predicted octanol–water partition coefficient (Wildman–Crippen LogP) is 3.73. The highest BCUT2D eigenvalue weighted by atomic mass is 16.3. The lowest BCUT2D eigenvalue weighted by Crippen LogP contribution is -2.06. The molecule has 0 aliphatic rings. The maximum atomic E-state index is 11.1. The molecular formula is C21H29O2-. The number of hydrogen-bond donors (Lipinski definition) is 1. The van der Waals surface area contributed by atoms with Gasteiger partial charge in [0.1, 0.15) is 6.10 Å². The van der Waals surface area contributed by atoms with Crippen LogP contribution in [-0.4, -0.2) is 11.2 Å². The largest absolute Gasteiger partial charge is 0.876 e. The first-order chi connectivity index (χ1) is 11.1. The molecule has 0 spiro atoms. The zero-order valence-corrected chi connectivity index (χ0v) is 14.6. The summed E-state index contributed by atoms with van der Waals surface area (Å²) < 4.78 is 0. The van der Waals surface area contributed by atoms with Gasteiger partial charge in [-0.25, -0.2) is 0 Å². The number of aliphatic hydroxyl groups is 1. The number of rotatable bonds is 8. The minimum Gasteiger partial charge on any atom is -0.876 e. The normalized spacial score (nSPS) is 14.2. The minimum absolute atomic E-state index is 0.115. The van der Waals surface area contributed by atoms with Crippen molar-refractivity contribution in [3.8, 4) is 23.7 Å². The quantitative estimate of drug-likeness (QED) is 0.421. The van der Waals surface area contributed by atoms with E-state index in [1.165, 1.54) is 0 Å². The van der Waals surface area contributed by atoms with Crippen molar-refractivity contribution in [1.82, 2.24) is 0 Å². The van der Waals surface area contributed by atoms with Crippen LogP contribution in [0.15, 0.2) is 36.1 Å². The Kier molecular flexibility index (Phi) is 13.8. The fraction of sp³-hybridized carbons (Fsp3) is 0.524. The second-order valence-corrected chi connectivity index (χ2v) is 5.28. The first-order valence-corrected chi connectivity index (χ1v) is 8.44. The standard InChI is InChI=1S/C21H30O2/c1-4-7-10-14-19(5-2)15-11-8-9-12-16-21(23)18-13-17-20(22)6-3/h6,8-9,11,15,19,21-23H,4-5,13-14,17-18H2,1-3H3/p-1/b9-8+,15-11+,20-6?. The van der Waals surface area contributed by atoms with Crippen molar-refractivity contribution in [3.05, 3.63) is 36.1 Å². The Bertz CT molecular complexity index is 503. The van der Waals surface area contributed by atoms with Gasteiger partial charge in [0.25, 0.3) is 0 Å². The SMILES string of the molecule is CC=C([O-])CCCC(O)C#C/C=C/C=C/C(CC)CC#CCC. The first-order valence-electron chi connectivity index (χ1n) is 8.44. The van der Waals surface area contributed by atoms with E-state index < -0.39 is 6.10 Å². The van der Waals surface area contributed by atoms with Crippen LogP contribution in [0.1, 0.15) is 59.3 Å². The van der Waals surface area contributed by atoms with Crippen LogP contribution in [0, 0.1) is 29.6 Å². The van der Waals surface area contributed by atoms with Gasteiger partial charge in [-0.3, -0.25) is 0 Å². The van der Waals surface area contributed by atoms with Crippen molar-refractivity contribution < 1.29 is 10.2 Å². The highest BCUT2D eigenvalue weighted by Crippen LogP contribution is 2.09. The van der Waals surface area contributed by atoms with Gasteiger partial charge in [0.2, 0.25) is 0 Å². The van der Waals surface area contributed by atoms with E-state index in [2.05, 4.69) is 43.6 Å². The zero-order chi connectivity index (χ0) is 17.3. The lowest BCUT2D eigenvalue weighted by atomic mass is 10.0. The monoisotopic (exact) mass is 313 g/mol. The third kappa shape index (κ3) is 13.5. The molecule has 126 valence electrons. The van der Waals surface area contributed by atoms with E-state index in [0.29, 0.717) is 25.2 Å². The van der Waals surface area contributed by atoms with Gasteiger partial charge in [0, 0.05) is 12.8 Å². The molecule has 0 fully saturated rings. The van der Waals surface area contributed by atoms with Crippen LogP contribution in [0.3, 0.4) is 0 Å². The van der Waals surface area contributed by atoms with Crippen LogP contribution in [-0.2, 0) is 0 Å². The van der Waals surface area contributed by atoms with Gasteiger partial charge in [-0.05, 0) is 44.6 Å². The Morgan fingerprint density at radius 3 is 2.65 bits per heavy atom. The highest BCUT2D eigenvalue weighted by Gasteiger charge is 1.98. The molecule has 2 heteroatoms. The smallest absolute Gasteiger partial charge is 0.115 e. The number of hydrogen-bond acceptors (Lipinski definition) is 2. The Labute approximate surface area is 142 Å². The molecule has 0 radical (unpaired) electrons. The lowest BCUT2D eigenvalue weighted by molar-refractivity contribution is -0.307. The summed E-state index contributed by atoms with van der Waals surface area (Å²) in [6.45, 7) is 5.94. The van der Waals surface area contributed by atoms with Crippen molar-refractivity contribution in [2.45, 2.75) is 65.4 Å². The van der Waals surface area contributed by atoms with Gasteiger partial charge in [-0.15, -0.1) is 17.6 Å². The van der Waals surface area contributed by atoms with Gasteiger partial charge >= 0.3 is 0 Å². The summed E-state index contributed by atoms with van der Waals surface area (Å²) >= 11 is 0. The van der Waals surface area contributed by atoms with Gasteiger partial charge in [-0.1, -0.05) is 50.0 Å². The summed E-state index contributed by atoms with van der Waals surface area (Å²) in [5, 5.41) is 20.8. The molecule has 1 N–H and O–H groups in total. The maximum absolute atomic E-state index is 11.1. The fourth-order valence-corrected chi connectivity index (χ4v) is 1.83. The average Bonchev–Trinajstić information content (AvgIpc) is 2.56. The first kappa shape index (κ1) is 21.1. The van der Waals surface area contributed by atoms with Crippen LogP contribution in [0.2, 0.25) is 0 Å². The fourth-order valence-electron chi connectivity index (χ4n) is 1.83. The molecule has 0 heterocycles. The maximum Gasteiger partial charge on any atom is 0.115 e. The summed E-state index contributed by atoms with van der Waals surface area (Å²) in [7, 11) is 0. The molecule has 0 aromatic rings. The Balaban J connectivity index is 4.10. The molecule has 0 bridgehead atoms. The van der Waals surface area contributed by atoms with E-state index in [4.69, 9.17) is 0 Å². The third-order valence-electron chi connectivity index (χ3n) is 3.34. The van der Waals surface area contributed by atoms with Crippen LogP contribution >= 0.6 is 0 Å². The van der Waals surface area contributed by atoms with E-state index in [9.17, 15) is 10.2 Å². The minimum atomic E-state index is -0.666. The topological polar surface area (TPSA) is 43.3 Å². The number of allylic oxidation sites excluding steroid dienone is 6. The van der Waals surface area contributed by atoms with E-state index in [0.717, 1.165) is 19.3 Å². The van der Waals surface area contributed by atoms with E-state index in [-0.39, 0.29) is 5.76 Å². The van der Waals surface area contributed by atoms with Gasteiger partial charge in [0.05, 0.1) is 0 Å². The molecule has 0 saturated heterocycles. The van der Waals surface area contributed by atoms with Crippen molar-refractivity contribution in [2.24, 2.45) is 5.92 Å². The Hall–Kier alpha value is -1.90. The molecule has 23 heavy (non-hydrogen) atoms. The van der Waals surface area contributed by atoms with Gasteiger partial charge in [0.15, 0.2) is 0 Å². The van der Waals surface area contributed by atoms with Crippen LogP contribution in [0.5, 0.6) is 0 Å². The predicted molar refractivity (Wildman–Crippen MR) is 96.1 cm³/mol. The molecule has 0 saturated carbocycles. The Morgan fingerprint density at radius 1 is 1.22 bits per heavy atom. The average molecular weight is 313 g/mol. The molecule has 0 aromatic carbocycles. The van der Waals surface area contributed by atoms with Gasteiger partial charge in [-0.2, -0.15) is 0 Å². The molecule has 2 atom stereocenters. The summed E-state index contributed by atoms with van der Waals surface area (Å²) in [5.74, 6) is 12.4. The molecule has 0 aliphatic carbocycles. The second kappa shape index (κ2) is 15.0. The van der Waals surface area contributed by atoms with E-state index in [1.54, 1.807) is 19.1 Å². The Morgan fingerprint density at radius 2 is 2.00 bits per heavy atom. The molecule has 2 unspecified atom stereocenters. The summed E-state index contributed by atoms with van der Waals surface area (Å²) in [5.41, 5.74) is 0. The van der Waals surface area contributed by atoms with E-state index >= 15 is 0 Å². The molecule has 0 aromatic heterocycles.